The topological polar surface area (TPSA) is 84.3 Å². The number of nitrogens with one attached hydrogen (secondary N) is 1. The summed E-state index contributed by atoms with van der Waals surface area (Å²) in [4.78, 5) is 38.5. The van der Waals surface area contributed by atoms with Gasteiger partial charge in [0, 0.05) is 24.5 Å². The van der Waals surface area contributed by atoms with Gasteiger partial charge >= 0.3 is 6.18 Å². The molecule has 1 aromatic heterocycles. The summed E-state index contributed by atoms with van der Waals surface area (Å²) < 4.78 is 41.3. The molecule has 1 N–H and O–H groups in total. The molecule has 2 amide bonds. The molecule has 3 aromatic rings. The standard InChI is InChI=1S/C23H21F3N4O3/c1-14-8-10-16(11-9-14)27-20(32)13-29(3)22(33)21-19(31)12-15(2)30(28-21)18-7-5-4-6-17(18)23(24,25)26/h4-12H,13H2,1-3H3,(H,27,32). The lowest BCUT2D eigenvalue weighted by Crippen LogP contribution is -2.38. The average molecular weight is 458 g/mol. The molecule has 0 aliphatic rings. The van der Waals surface area contributed by atoms with Crippen molar-refractivity contribution in [3.8, 4) is 5.69 Å². The first-order valence-electron chi connectivity index (χ1n) is 9.87. The van der Waals surface area contributed by atoms with Gasteiger partial charge in [0.1, 0.15) is 0 Å². The van der Waals surface area contributed by atoms with Crippen molar-refractivity contribution in [1.82, 2.24) is 14.7 Å². The number of halogens is 3. The largest absolute Gasteiger partial charge is 0.418 e. The van der Waals surface area contributed by atoms with Crippen molar-refractivity contribution in [1.29, 1.82) is 0 Å². The summed E-state index contributed by atoms with van der Waals surface area (Å²) in [6, 6.07) is 12.8. The Morgan fingerprint density at radius 1 is 1.06 bits per heavy atom. The second-order valence-electron chi connectivity index (χ2n) is 7.50. The number of nitrogens with zero attached hydrogens (tertiary/aromatic N) is 3. The lowest BCUT2D eigenvalue weighted by atomic mass is 10.1. The predicted octanol–water partition coefficient (Wildman–Crippen LogP) is 3.58. The molecule has 0 spiro atoms. The van der Waals surface area contributed by atoms with E-state index in [9.17, 15) is 27.6 Å². The molecule has 0 saturated carbocycles. The van der Waals surface area contributed by atoms with Crippen molar-refractivity contribution in [2.45, 2.75) is 20.0 Å². The highest BCUT2D eigenvalue weighted by molar-refractivity contribution is 5.98. The second-order valence-corrected chi connectivity index (χ2v) is 7.50. The quantitative estimate of drug-likeness (QED) is 0.634. The van der Waals surface area contributed by atoms with Gasteiger partial charge in [0.05, 0.1) is 17.8 Å². The van der Waals surface area contributed by atoms with E-state index in [0.29, 0.717) is 5.69 Å². The number of anilines is 1. The molecular formula is C23H21F3N4O3. The van der Waals surface area contributed by atoms with E-state index in [-0.39, 0.29) is 17.9 Å². The number of para-hydroxylation sites is 1. The van der Waals surface area contributed by atoms with Crippen LogP contribution in [0.2, 0.25) is 0 Å². The van der Waals surface area contributed by atoms with Gasteiger partial charge in [-0.2, -0.15) is 18.3 Å². The van der Waals surface area contributed by atoms with Gasteiger partial charge < -0.3 is 10.2 Å². The maximum Gasteiger partial charge on any atom is 0.418 e. The lowest BCUT2D eigenvalue weighted by molar-refractivity contribution is -0.137. The van der Waals surface area contributed by atoms with Crippen LogP contribution in [0.1, 0.15) is 27.3 Å². The highest BCUT2D eigenvalue weighted by atomic mass is 19.4. The molecule has 0 aliphatic carbocycles. The average Bonchev–Trinajstić information content (AvgIpc) is 2.74. The van der Waals surface area contributed by atoms with Crippen molar-refractivity contribution >= 4 is 17.5 Å². The third-order valence-electron chi connectivity index (χ3n) is 4.81. The van der Waals surface area contributed by atoms with E-state index in [2.05, 4.69) is 10.4 Å². The molecule has 0 fully saturated rings. The fourth-order valence-corrected chi connectivity index (χ4v) is 3.14. The molecule has 3 rings (SSSR count). The Hall–Kier alpha value is -3.95. The van der Waals surface area contributed by atoms with E-state index >= 15 is 0 Å². The van der Waals surface area contributed by atoms with Crippen LogP contribution in [0.3, 0.4) is 0 Å². The Morgan fingerprint density at radius 3 is 2.33 bits per heavy atom. The summed E-state index contributed by atoms with van der Waals surface area (Å²) in [7, 11) is 1.30. The van der Waals surface area contributed by atoms with Gasteiger partial charge in [0.2, 0.25) is 11.3 Å². The number of alkyl halides is 3. The Labute approximate surface area is 187 Å². The van der Waals surface area contributed by atoms with E-state index in [1.54, 1.807) is 12.1 Å². The smallest absolute Gasteiger partial charge is 0.331 e. The fourth-order valence-electron chi connectivity index (χ4n) is 3.14. The van der Waals surface area contributed by atoms with E-state index in [1.165, 1.54) is 32.2 Å². The molecule has 2 aromatic carbocycles. The number of hydrogen-bond acceptors (Lipinski definition) is 4. The van der Waals surface area contributed by atoms with Gasteiger partial charge in [-0.05, 0) is 38.1 Å². The summed E-state index contributed by atoms with van der Waals surface area (Å²) in [6.07, 6.45) is -4.66. The van der Waals surface area contributed by atoms with E-state index in [0.717, 1.165) is 27.3 Å². The predicted molar refractivity (Wildman–Crippen MR) is 116 cm³/mol. The third kappa shape index (κ3) is 5.46. The normalized spacial score (nSPS) is 11.2. The van der Waals surface area contributed by atoms with Gasteiger partial charge in [0.25, 0.3) is 5.91 Å². The van der Waals surface area contributed by atoms with Gasteiger partial charge in [0.15, 0.2) is 5.69 Å². The zero-order chi connectivity index (χ0) is 24.3. The maximum atomic E-state index is 13.5. The van der Waals surface area contributed by atoms with Crippen LogP contribution in [0.5, 0.6) is 0 Å². The molecule has 0 saturated heterocycles. The Bertz CT molecular complexity index is 1250. The van der Waals surface area contributed by atoms with Crippen molar-refractivity contribution in [2.24, 2.45) is 0 Å². The first-order chi connectivity index (χ1) is 15.5. The number of rotatable bonds is 5. The van der Waals surface area contributed by atoms with Gasteiger partial charge in [-0.25, -0.2) is 4.68 Å². The molecule has 10 heteroatoms. The minimum atomic E-state index is -4.66. The monoisotopic (exact) mass is 458 g/mol. The van der Waals surface area contributed by atoms with Crippen molar-refractivity contribution < 1.29 is 22.8 Å². The van der Waals surface area contributed by atoms with Crippen LogP contribution in [0, 0.1) is 13.8 Å². The number of benzene rings is 2. The third-order valence-corrected chi connectivity index (χ3v) is 4.81. The lowest BCUT2D eigenvalue weighted by Gasteiger charge is -2.19. The maximum absolute atomic E-state index is 13.5. The van der Waals surface area contributed by atoms with Gasteiger partial charge in [-0.15, -0.1) is 0 Å². The Morgan fingerprint density at radius 2 is 1.70 bits per heavy atom. The minimum Gasteiger partial charge on any atom is -0.331 e. The van der Waals surface area contributed by atoms with Crippen LogP contribution in [0.15, 0.2) is 59.4 Å². The molecular weight excluding hydrogens is 437 g/mol. The second kappa shape index (κ2) is 9.27. The summed E-state index contributed by atoms with van der Waals surface area (Å²) in [5.41, 5.74) is -0.981. The Balaban J connectivity index is 1.88. The van der Waals surface area contributed by atoms with Gasteiger partial charge in [-0.3, -0.25) is 14.4 Å². The number of aromatic nitrogens is 2. The van der Waals surface area contributed by atoms with E-state index in [4.69, 9.17) is 0 Å². The van der Waals surface area contributed by atoms with E-state index in [1.807, 2.05) is 19.1 Å². The van der Waals surface area contributed by atoms with Crippen LogP contribution in [0.25, 0.3) is 5.69 Å². The van der Waals surface area contributed by atoms with Crippen LogP contribution in [-0.2, 0) is 11.0 Å². The first-order valence-corrected chi connectivity index (χ1v) is 9.87. The highest BCUT2D eigenvalue weighted by Crippen LogP contribution is 2.33. The van der Waals surface area contributed by atoms with Crippen molar-refractivity contribution in [2.75, 3.05) is 18.9 Å². The number of likely N-dealkylation sites (N-methyl/N-ethyl adjacent to an activating group) is 1. The van der Waals surface area contributed by atoms with Crippen LogP contribution in [-0.4, -0.2) is 40.1 Å². The van der Waals surface area contributed by atoms with Crippen LogP contribution < -0.4 is 10.7 Å². The van der Waals surface area contributed by atoms with Crippen molar-refractivity contribution in [3.05, 3.63) is 87.3 Å². The van der Waals surface area contributed by atoms with Crippen molar-refractivity contribution in [3.63, 3.8) is 0 Å². The molecule has 33 heavy (non-hydrogen) atoms. The number of hydrogen-bond donors (Lipinski definition) is 1. The molecule has 0 radical (unpaired) electrons. The molecule has 0 atom stereocenters. The SMILES string of the molecule is Cc1ccc(NC(=O)CN(C)C(=O)c2nn(-c3ccccc3C(F)(F)F)c(C)cc2=O)cc1. The summed E-state index contributed by atoms with van der Waals surface area (Å²) in [5.74, 6) is -1.40. The van der Waals surface area contributed by atoms with E-state index < -0.39 is 34.7 Å². The highest BCUT2D eigenvalue weighted by Gasteiger charge is 2.34. The first kappa shape index (κ1) is 23.7. The number of carbonyl (C=O) groups is 2. The summed E-state index contributed by atoms with van der Waals surface area (Å²) >= 11 is 0. The zero-order valence-electron chi connectivity index (χ0n) is 18.1. The molecule has 7 nitrogen and oxygen atoms in total. The number of amides is 2. The van der Waals surface area contributed by atoms with Crippen LogP contribution >= 0.6 is 0 Å². The fraction of sp³-hybridized carbons (Fsp3) is 0.217. The number of carbonyl (C=O) groups excluding carboxylic acids is 2. The zero-order valence-corrected chi connectivity index (χ0v) is 18.1. The van der Waals surface area contributed by atoms with Gasteiger partial charge in [-0.1, -0.05) is 29.8 Å². The molecule has 0 aliphatic heterocycles. The molecule has 0 unspecified atom stereocenters. The summed E-state index contributed by atoms with van der Waals surface area (Å²) in [6.45, 7) is 2.92. The molecule has 0 bridgehead atoms. The summed E-state index contributed by atoms with van der Waals surface area (Å²) in [5, 5.41) is 6.55. The molecule has 172 valence electrons. The Kier molecular flexibility index (Phi) is 6.66. The minimum absolute atomic E-state index is 0.119. The molecule has 1 heterocycles. The van der Waals surface area contributed by atoms with Crippen LogP contribution in [0.4, 0.5) is 18.9 Å². The number of aryl methyl sites for hydroxylation is 2.